The fraction of sp³-hybridized carbons (Fsp3) is 0.471. The molecule has 1 unspecified atom stereocenters. The lowest BCUT2D eigenvalue weighted by Gasteiger charge is -2.18. The largest absolute Gasteiger partial charge is 0.481 e. The highest BCUT2D eigenvalue weighted by Gasteiger charge is 2.22. The van der Waals surface area contributed by atoms with Crippen molar-refractivity contribution in [2.24, 2.45) is 0 Å². The smallest absolute Gasteiger partial charge is 0.326 e. The molecular formula is C17H24N2O7S. The van der Waals surface area contributed by atoms with Crippen molar-refractivity contribution in [1.82, 2.24) is 9.62 Å². The second-order valence-electron chi connectivity index (χ2n) is 5.96. The first-order valence-electron chi connectivity index (χ1n) is 8.46. The molecule has 0 bridgehead atoms. The van der Waals surface area contributed by atoms with E-state index in [0.29, 0.717) is 6.42 Å². The predicted octanol–water partition coefficient (Wildman–Crippen LogP) is 0.272. The van der Waals surface area contributed by atoms with E-state index < -0.39 is 47.7 Å². The van der Waals surface area contributed by atoms with Gasteiger partial charge in [-0.05, 0) is 31.2 Å². The summed E-state index contributed by atoms with van der Waals surface area (Å²) in [6, 6.07) is 8.32. The van der Waals surface area contributed by atoms with Crippen molar-refractivity contribution < 1.29 is 33.0 Å². The molecule has 0 fully saturated rings. The number of rotatable bonds is 13. The van der Waals surface area contributed by atoms with E-state index >= 15 is 0 Å². The van der Waals surface area contributed by atoms with Crippen LogP contribution in [0.25, 0.3) is 0 Å². The highest BCUT2D eigenvalue weighted by Crippen LogP contribution is 2.06. The van der Waals surface area contributed by atoms with Gasteiger partial charge in [0.2, 0.25) is 16.8 Å². The predicted molar refractivity (Wildman–Crippen MR) is 97.7 cm³/mol. The first-order chi connectivity index (χ1) is 12.8. The van der Waals surface area contributed by atoms with E-state index in [1.165, 1.54) is 0 Å². The second kappa shape index (κ2) is 12.0. The van der Waals surface area contributed by atoms with Gasteiger partial charge in [-0.1, -0.05) is 30.3 Å². The Kier molecular flexibility index (Phi) is 10.1. The molecule has 1 rings (SSSR count). The summed E-state index contributed by atoms with van der Waals surface area (Å²) in [7, 11) is -2.99. The Morgan fingerprint density at radius 1 is 1.07 bits per heavy atom. The van der Waals surface area contributed by atoms with Crippen molar-refractivity contribution >= 4 is 28.7 Å². The third kappa shape index (κ3) is 9.71. The number of thiol groups is 1. The van der Waals surface area contributed by atoms with Gasteiger partial charge < -0.3 is 15.5 Å². The quantitative estimate of drug-likeness (QED) is 0.275. The minimum absolute atomic E-state index is 0.145. The van der Waals surface area contributed by atoms with Crippen LogP contribution in [0.4, 0.5) is 0 Å². The molecule has 150 valence electrons. The SMILES string of the molecule is O=C(O)CCC(NC(=O)CN(CCCCc1ccccc1)[SH](=O)=O)C(=O)O. The maximum Gasteiger partial charge on any atom is 0.326 e. The summed E-state index contributed by atoms with van der Waals surface area (Å²) in [6.07, 6.45) is 1.37. The monoisotopic (exact) mass is 400 g/mol. The van der Waals surface area contributed by atoms with E-state index in [2.05, 4.69) is 5.32 Å². The van der Waals surface area contributed by atoms with Gasteiger partial charge in [0.05, 0.1) is 6.54 Å². The third-order valence-corrected chi connectivity index (χ3v) is 4.62. The zero-order chi connectivity index (χ0) is 20.2. The van der Waals surface area contributed by atoms with Crippen LogP contribution in [0.2, 0.25) is 0 Å². The molecule has 0 spiro atoms. The number of carboxylic acids is 2. The summed E-state index contributed by atoms with van der Waals surface area (Å²) in [5.74, 6) is -3.33. The zero-order valence-corrected chi connectivity index (χ0v) is 15.6. The molecule has 0 heterocycles. The number of carbonyl (C=O) groups excluding carboxylic acids is 1. The lowest BCUT2D eigenvalue weighted by atomic mass is 10.1. The average molecular weight is 400 g/mol. The molecule has 1 aromatic carbocycles. The van der Waals surface area contributed by atoms with Crippen molar-refractivity contribution in [3.05, 3.63) is 35.9 Å². The van der Waals surface area contributed by atoms with E-state index in [-0.39, 0.29) is 13.0 Å². The highest BCUT2D eigenvalue weighted by atomic mass is 32.2. The van der Waals surface area contributed by atoms with Crippen LogP contribution in [0.3, 0.4) is 0 Å². The van der Waals surface area contributed by atoms with Crippen LogP contribution in [0, 0.1) is 0 Å². The van der Waals surface area contributed by atoms with Crippen molar-refractivity contribution in [2.45, 2.75) is 38.1 Å². The molecule has 1 atom stereocenters. The molecule has 0 radical (unpaired) electrons. The fourth-order valence-electron chi connectivity index (χ4n) is 2.42. The maximum absolute atomic E-state index is 11.9. The highest BCUT2D eigenvalue weighted by molar-refractivity contribution is 7.69. The average Bonchev–Trinajstić information content (AvgIpc) is 2.61. The number of carbonyl (C=O) groups is 3. The summed E-state index contributed by atoms with van der Waals surface area (Å²) in [4.78, 5) is 33.5. The van der Waals surface area contributed by atoms with Gasteiger partial charge in [0.15, 0.2) is 0 Å². The van der Waals surface area contributed by atoms with Gasteiger partial charge in [-0.2, -0.15) is 4.31 Å². The Morgan fingerprint density at radius 2 is 1.74 bits per heavy atom. The van der Waals surface area contributed by atoms with Crippen molar-refractivity contribution in [3.8, 4) is 0 Å². The summed E-state index contributed by atoms with van der Waals surface area (Å²) in [6.45, 7) is -0.354. The van der Waals surface area contributed by atoms with Crippen LogP contribution in [0.5, 0.6) is 0 Å². The van der Waals surface area contributed by atoms with Gasteiger partial charge in [0, 0.05) is 13.0 Å². The Morgan fingerprint density at radius 3 is 2.30 bits per heavy atom. The van der Waals surface area contributed by atoms with Crippen molar-refractivity contribution in [3.63, 3.8) is 0 Å². The fourth-order valence-corrected chi connectivity index (χ4v) is 2.97. The van der Waals surface area contributed by atoms with Gasteiger partial charge in [0.25, 0.3) is 0 Å². The Balaban J connectivity index is 2.46. The molecule has 0 aliphatic rings. The molecule has 0 aliphatic heterocycles. The Bertz CT molecular complexity index is 698. The Labute approximate surface area is 159 Å². The number of aryl methyl sites for hydroxylation is 1. The van der Waals surface area contributed by atoms with E-state index in [1.54, 1.807) is 0 Å². The van der Waals surface area contributed by atoms with Crippen LogP contribution < -0.4 is 5.32 Å². The number of unbranched alkanes of at least 4 members (excludes halogenated alkanes) is 1. The molecule has 27 heavy (non-hydrogen) atoms. The number of carboxylic acid groups (broad SMARTS) is 2. The maximum atomic E-state index is 11.9. The Hall–Kier alpha value is -2.46. The first-order valence-corrected chi connectivity index (χ1v) is 9.59. The molecule has 0 saturated heterocycles. The van der Waals surface area contributed by atoms with Gasteiger partial charge >= 0.3 is 11.9 Å². The minimum Gasteiger partial charge on any atom is -0.481 e. The number of aliphatic carboxylic acids is 2. The topological polar surface area (TPSA) is 141 Å². The molecule has 1 amide bonds. The lowest BCUT2D eigenvalue weighted by molar-refractivity contribution is -0.143. The summed E-state index contributed by atoms with van der Waals surface area (Å²) < 4.78 is 23.6. The molecule has 0 aliphatic carbocycles. The minimum atomic E-state index is -2.99. The third-order valence-electron chi connectivity index (χ3n) is 3.81. The van der Waals surface area contributed by atoms with E-state index in [1.807, 2.05) is 30.3 Å². The molecular weight excluding hydrogens is 376 g/mol. The summed E-state index contributed by atoms with van der Waals surface area (Å²) in [5.41, 5.74) is 1.14. The molecule has 0 aromatic heterocycles. The van der Waals surface area contributed by atoms with Gasteiger partial charge in [-0.15, -0.1) is 0 Å². The number of amides is 1. The molecule has 3 N–H and O–H groups in total. The number of hydrogen-bond acceptors (Lipinski definition) is 5. The van der Waals surface area contributed by atoms with E-state index in [9.17, 15) is 22.8 Å². The van der Waals surface area contributed by atoms with E-state index in [4.69, 9.17) is 10.2 Å². The van der Waals surface area contributed by atoms with Crippen molar-refractivity contribution in [1.29, 1.82) is 0 Å². The van der Waals surface area contributed by atoms with Crippen LogP contribution in [0.1, 0.15) is 31.2 Å². The van der Waals surface area contributed by atoms with Gasteiger partial charge in [-0.3, -0.25) is 9.59 Å². The summed E-state index contributed by atoms with van der Waals surface area (Å²) in [5, 5.41) is 19.8. The number of nitrogens with one attached hydrogen (secondary N) is 1. The standard InChI is InChI=1S/C17H24N2O7S/c20-15(18-14(17(23)24)9-10-16(21)22)12-19(27(25)26)11-5-4-8-13-6-2-1-3-7-13/h1-3,6-7,14,27H,4-5,8-12H2,(H,18,20)(H,21,22)(H,23,24). The first kappa shape index (κ1) is 22.6. The number of nitrogens with zero attached hydrogens (tertiary/aromatic N) is 1. The molecule has 10 heteroatoms. The molecule has 1 aromatic rings. The van der Waals surface area contributed by atoms with Crippen LogP contribution >= 0.6 is 0 Å². The van der Waals surface area contributed by atoms with Crippen LogP contribution in [0.15, 0.2) is 30.3 Å². The van der Waals surface area contributed by atoms with Crippen LogP contribution in [-0.4, -0.2) is 59.9 Å². The molecule has 9 nitrogen and oxygen atoms in total. The van der Waals surface area contributed by atoms with Gasteiger partial charge in [-0.25, -0.2) is 13.2 Å². The normalized spacial score (nSPS) is 12.1. The number of hydrogen-bond donors (Lipinski definition) is 4. The van der Waals surface area contributed by atoms with Gasteiger partial charge in [0.1, 0.15) is 6.04 Å². The van der Waals surface area contributed by atoms with E-state index in [0.717, 1.165) is 22.7 Å². The van der Waals surface area contributed by atoms with Crippen molar-refractivity contribution in [2.75, 3.05) is 13.1 Å². The number of benzene rings is 1. The van der Waals surface area contributed by atoms with Crippen LogP contribution in [-0.2, 0) is 31.7 Å². The zero-order valence-electron chi connectivity index (χ0n) is 14.7. The summed E-state index contributed by atoms with van der Waals surface area (Å²) >= 11 is 0. The lowest BCUT2D eigenvalue weighted by Crippen LogP contribution is -2.45. The second-order valence-corrected chi connectivity index (χ2v) is 7.00. The molecule has 0 saturated carbocycles.